The van der Waals surface area contributed by atoms with E-state index in [0.717, 1.165) is 15.6 Å². The Balaban J connectivity index is 2.18. The topological polar surface area (TPSA) is 12.9 Å². The van der Waals surface area contributed by atoms with Crippen LogP contribution >= 0.6 is 34.7 Å². The lowest BCUT2D eigenvalue weighted by Gasteiger charge is -1.87. The first kappa shape index (κ1) is 10.0. The summed E-state index contributed by atoms with van der Waals surface area (Å²) in [5.41, 5.74) is 2.62. The van der Waals surface area contributed by atoms with Gasteiger partial charge in [-0.05, 0) is 12.1 Å². The predicted octanol–water partition coefficient (Wildman–Crippen LogP) is 4.14. The second kappa shape index (κ2) is 4.82. The maximum Gasteiger partial charge on any atom is 0.151 e. The molecule has 0 spiro atoms. The van der Waals surface area contributed by atoms with E-state index in [2.05, 4.69) is 11.1 Å². The van der Waals surface area contributed by atoms with Gasteiger partial charge in [0.1, 0.15) is 0 Å². The number of benzene rings is 1. The summed E-state index contributed by atoms with van der Waals surface area (Å²) in [6.45, 7) is 0. The smallest absolute Gasteiger partial charge is 0.151 e. The second-order valence-corrected chi connectivity index (χ2v) is 5.17. The first-order chi connectivity index (χ1) is 6.90. The molecule has 0 N–H and O–H groups in total. The highest BCUT2D eigenvalue weighted by atomic mass is 35.5. The fourth-order valence-corrected chi connectivity index (χ4v) is 3.17. The van der Waals surface area contributed by atoms with Crippen LogP contribution in [0.15, 0.2) is 40.2 Å². The minimum absolute atomic E-state index is 0.878. The van der Waals surface area contributed by atoms with E-state index in [1.165, 1.54) is 4.70 Å². The highest BCUT2D eigenvalue weighted by molar-refractivity contribution is 8.01. The largest absolute Gasteiger partial charge is 0.230 e. The molecule has 0 saturated heterocycles. The molecule has 0 radical (unpaired) electrons. The van der Waals surface area contributed by atoms with Gasteiger partial charge in [0.15, 0.2) is 4.34 Å². The Morgan fingerprint density at radius 3 is 3.07 bits per heavy atom. The number of para-hydroxylation sites is 1. The number of fused-ring (bicyclic) bond motifs is 1. The molecular weight excluding hydrogens is 234 g/mol. The molecule has 0 bridgehead atoms. The van der Waals surface area contributed by atoms with Gasteiger partial charge in [-0.25, -0.2) is 4.98 Å². The molecule has 0 atom stereocenters. The van der Waals surface area contributed by atoms with Crippen molar-refractivity contribution in [3.8, 4) is 0 Å². The zero-order valence-electron chi connectivity index (χ0n) is 7.31. The average molecular weight is 242 g/mol. The van der Waals surface area contributed by atoms with E-state index in [1.54, 1.807) is 28.6 Å². The highest BCUT2D eigenvalue weighted by Crippen LogP contribution is 2.29. The van der Waals surface area contributed by atoms with Crippen molar-refractivity contribution in [1.29, 1.82) is 0 Å². The van der Waals surface area contributed by atoms with Crippen molar-refractivity contribution in [2.45, 2.75) is 4.34 Å². The molecule has 0 fully saturated rings. The Morgan fingerprint density at radius 2 is 2.29 bits per heavy atom. The van der Waals surface area contributed by atoms with E-state index >= 15 is 0 Å². The molecule has 2 aromatic rings. The molecule has 4 heteroatoms. The maximum atomic E-state index is 5.44. The summed E-state index contributed by atoms with van der Waals surface area (Å²) in [5, 5.41) is 0. The molecule has 0 saturated carbocycles. The van der Waals surface area contributed by atoms with E-state index in [-0.39, 0.29) is 0 Å². The predicted molar refractivity (Wildman–Crippen MR) is 65.3 cm³/mol. The van der Waals surface area contributed by atoms with E-state index in [9.17, 15) is 0 Å². The van der Waals surface area contributed by atoms with Crippen molar-refractivity contribution in [2.24, 2.45) is 0 Å². The summed E-state index contributed by atoms with van der Waals surface area (Å²) in [7, 11) is 0. The van der Waals surface area contributed by atoms with Crippen LogP contribution in [0.5, 0.6) is 0 Å². The Hall–Kier alpha value is -0.510. The second-order valence-electron chi connectivity index (χ2n) is 2.62. The van der Waals surface area contributed by atoms with Crippen molar-refractivity contribution in [3.05, 3.63) is 35.9 Å². The number of nitrogens with zero attached hydrogens (tertiary/aromatic N) is 1. The van der Waals surface area contributed by atoms with Gasteiger partial charge >= 0.3 is 0 Å². The molecule has 2 rings (SSSR count). The van der Waals surface area contributed by atoms with Gasteiger partial charge in [-0.2, -0.15) is 0 Å². The Bertz CT molecular complexity index is 417. The Kier molecular flexibility index (Phi) is 3.45. The molecule has 1 heterocycles. The number of aromatic nitrogens is 1. The summed E-state index contributed by atoms with van der Waals surface area (Å²) in [6.07, 6.45) is 1.91. The van der Waals surface area contributed by atoms with Crippen molar-refractivity contribution < 1.29 is 0 Å². The number of hydrogen-bond donors (Lipinski definition) is 0. The lowest BCUT2D eigenvalue weighted by molar-refractivity contribution is 1.30. The van der Waals surface area contributed by atoms with Crippen LogP contribution in [-0.2, 0) is 0 Å². The number of thioether (sulfide) groups is 1. The average Bonchev–Trinajstić information content (AvgIpc) is 2.60. The van der Waals surface area contributed by atoms with Gasteiger partial charge in [0.05, 0.1) is 10.2 Å². The quantitative estimate of drug-likeness (QED) is 0.749. The van der Waals surface area contributed by atoms with Crippen molar-refractivity contribution >= 4 is 44.9 Å². The molecule has 1 aromatic carbocycles. The Labute approximate surface area is 95.8 Å². The molecule has 1 aromatic heterocycles. The number of thiazole rings is 1. The van der Waals surface area contributed by atoms with Crippen LogP contribution in [0.3, 0.4) is 0 Å². The fraction of sp³-hybridized carbons (Fsp3) is 0.100. The molecule has 0 aliphatic heterocycles. The first-order valence-electron chi connectivity index (χ1n) is 4.14. The van der Waals surface area contributed by atoms with Gasteiger partial charge in [-0.1, -0.05) is 41.6 Å². The lowest BCUT2D eigenvalue weighted by Crippen LogP contribution is -1.70. The van der Waals surface area contributed by atoms with Gasteiger partial charge in [0.25, 0.3) is 0 Å². The molecule has 1 nitrogen and oxygen atoms in total. The third-order valence-electron chi connectivity index (χ3n) is 1.67. The normalized spacial score (nSPS) is 11.5. The number of hydrogen-bond acceptors (Lipinski definition) is 3. The minimum Gasteiger partial charge on any atom is -0.230 e. The van der Waals surface area contributed by atoms with Crippen LogP contribution in [-0.4, -0.2) is 10.7 Å². The number of rotatable bonds is 3. The van der Waals surface area contributed by atoms with Crippen LogP contribution in [0.4, 0.5) is 0 Å². The van der Waals surface area contributed by atoms with Crippen LogP contribution < -0.4 is 0 Å². The minimum atomic E-state index is 0.878. The van der Waals surface area contributed by atoms with Crippen LogP contribution in [0, 0.1) is 0 Å². The van der Waals surface area contributed by atoms with E-state index in [1.807, 2.05) is 24.3 Å². The monoisotopic (exact) mass is 241 g/mol. The molecule has 0 amide bonds. The van der Waals surface area contributed by atoms with Gasteiger partial charge in [-0.3, -0.25) is 0 Å². The Morgan fingerprint density at radius 1 is 1.43 bits per heavy atom. The standard InChI is InChI=1S/C10H8ClNS2/c11-6-3-7-13-10-12-8-4-1-2-5-9(8)14-10/h1-6H,7H2. The summed E-state index contributed by atoms with van der Waals surface area (Å²) >= 11 is 8.87. The summed E-state index contributed by atoms with van der Waals surface area (Å²) in [6, 6.07) is 8.17. The zero-order chi connectivity index (χ0) is 9.80. The maximum absolute atomic E-state index is 5.44. The third-order valence-corrected chi connectivity index (χ3v) is 3.98. The van der Waals surface area contributed by atoms with Gasteiger partial charge < -0.3 is 0 Å². The summed E-state index contributed by atoms with van der Waals surface area (Å²) < 4.78 is 2.34. The number of halogens is 1. The molecule has 0 aliphatic rings. The molecule has 0 unspecified atom stereocenters. The van der Waals surface area contributed by atoms with Crippen molar-refractivity contribution in [3.63, 3.8) is 0 Å². The molecule has 0 aliphatic carbocycles. The first-order valence-corrected chi connectivity index (χ1v) is 6.37. The van der Waals surface area contributed by atoms with Crippen molar-refractivity contribution in [2.75, 3.05) is 5.75 Å². The fourth-order valence-electron chi connectivity index (χ4n) is 1.07. The van der Waals surface area contributed by atoms with E-state index in [0.29, 0.717) is 0 Å². The summed E-state index contributed by atoms with van der Waals surface area (Å²) in [4.78, 5) is 4.49. The highest BCUT2D eigenvalue weighted by Gasteiger charge is 2.01. The molecule has 72 valence electrons. The van der Waals surface area contributed by atoms with Gasteiger partial charge in [0.2, 0.25) is 0 Å². The molecular formula is C10H8ClNS2. The van der Waals surface area contributed by atoms with E-state index in [4.69, 9.17) is 11.6 Å². The van der Waals surface area contributed by atoms with Crippen LogP contribution in [0.2, 0.25) is 0 Å². The molecule has 14 heavy (non-hydrogen) atoms. The van der Waals surface area contributed by atoms with E-state index < -0.39 is 0 Å². The SMILES string of the molecule is ClC=CCSc1nc2ccccc2s1. The summed E-state index contributed by atoms with van der Waals surface area (Å²) in [5.74, 6) is 0.878. The van der Waals surface area contributed by atoms with Crippen LogP contribution in [0.25, 0.3) is 10.2 Å². The zero-order valence-corrected chi connectivity index (χ0v) is 9.70. The van der Waals surface area contributed by atoms with Gasteiger partial charge in [0, 0.05) is 11.3 Å². The van der Waals surface area contributed by atoms with Gasteiger partial charge in [-0.15, -0.1) is 11.3 Å². The van der Waals surface area contributed by atoms with Crippen LogP contribution in [0.1, 0.15) is 0 Å². The lowest BCUT2D eigenvalue weighted by atomic mass is 10.3. The van der Waals surface area contributed by atoms with Crippen molar-refractivity contribution in [1.82, 2.24) is 4.98 Å². The third kappa shape index (κ3) is 2.29.